The summed E-state index contributed by atoms with van der Waals surface area (Å²) in [6, 6.07) is 14.0. The highest BCUT2D eigenvalue weighted by atomic mass is 16.5. The largest absolute Gasteiger partial charge is 0.489 e. The van der Waals surface area contributed by atoms with Crippen LogP contribution in [0, 0.1) is 20.8 Å². The minimum Gasteiger partial charge on any atom is -0.489 e. The lowest BCUT2D eigenvalue weighted by atomic mass is 9.96. The molecule has 0 atom stereocenters. The molecule has 1 aromatic heterocycles. The molecule has 0 fully saturated rings. The van der Waals surface area contributed by atoms with Crippen molar-refractivity contribution in [1.82, 2.24) is 10.3 Å². The molecule has 0 radical (unpaired) electrons. The summed E-state index contributed by atoms with van der Waals surface area (Å²) in [5, 5.41) is 2.92. The lowest BCUT2D eigenvalue weighted by Crippen LogP contribution is -2.32. The fourth-order valence-corrected chi connectivity index (χ4v) is 4.04. The second-order valence-electron chi connectivity index (χ2n) is 8.08. The number of anilines is 1. The molecular weight excluding hydrogens is 390 g/mol. The van der Waals surface area contributed by atoms with E-state index < -0.39 is 0 Å². The van der Waals surface area contributed by atoms with Crippen molar-refractivity contribution in [2.24, 2.45) is 0 Å². The number of likely N-dealkylation sites (N-methyl/N-ethyl adjacent to an activating group) is 1. The van der Waals surface area contributed by atoms with Crippen LogP contribution in [0.5, 0.6) is 5.75 Å². The second-order valence-corrected chi connectivity index (χ2v) is 8.08. The van der Waals surface area contributed by atoms with Crippen LogP contribution in [0.15, 0.2) is 47.3 Å². The zero-order chi connectivity index (χ0) is 22.1. The summed E-state index contributed by atoms with van der Waals surface area (Å²) in [6.45, 7) is 7.20. The maximum absolute atomic E-state index is 13.2. The Labute approximate surface area is 181 Å². The van der Waals surface area contributed by atoms with E-state index in [0.717, 1.165) is 40.2 Å². The number of nitrogens with zero attached hydrogens (tertiary/aromatic N) is 1. The highest BCUT2D eigenvalue weighted by Crippen LogP contribution is 2.39. The molecule has 1 aliphatic rings. The number of rotatable bonds is 4. The molecule has 0 spiro atoms. The monoisotopic (exact) mass is 417 g/mol. The van der Waals surface area contributed by atoms with Gasteiger partial charge in [-0.3, -0.25) is 9.59 Å². The number of nitrogens with one attached hydrogen (secondary N) is 2. The first-order valence-electron chi connectivity index (χ1n) is 10.4. The van der Waals surface area contributed by atoms with Gasteiger partial charge < -0.3 is 19.9 Å². The van der Waals surface area contributed by atoms with Gasteiger partial charge in [0.15, 0.2) is 5.75 Å². The number of benzene rings is 2. The maximum Gasteiger partial charge on any atom is 0.255 e. The summed E-state index contributed by atoms with van der Waals surface area (Å²) in [5.41, 5.74) is 6.57. The molecule has 0 bridgehead atoms. The number of pyridine rings is 1. The van der Waals surface area contributed by atoms with E-state index in [1.165, 1.54) is 0 Å². The number of H-pyrrole nitrogens is 1. The first-order chi connectivity index (χ1) is 14.8. The van der Waals surface area contributed by atoms with Gasteiger partial charge in [-0.1, -0.05) is 24.3 Å². The summed E-state index contributed by atoms with van der Waals surface area (Å²) in [7, 11) is 2.00. The Hall–Kier alpha value is -3.54. The molecule has 0 aliphatic carbocycles. The van der Waals surface area contributed by atoms with E-state index in [2.05, 4.69) is 40.3 Å². The van der Waals surface area contributed by atoms with Crippen LogP contribution < -0.4 is 20.5 Å². The van der Waals surface area contributed by atoms with Crippen LogP contribution >= 0.6 is 0 Å². The average molecular weight is 418 g/mol. The summed E-state index contributed by atoms with van der Waals surface area (Å²) >= 11 is 0. The van der Waals surface area contributed by atoms with Crippen molar-refractivity contribution in [3.63, 3.8) is 0 Å². The van der Waals surface area contributed by atoms with E-state index >= 15 is 0 Å². The lowest BCUT2D eigenvalue weighted by molar-refractivity contribution is 0.0946. The maximum atomic E-state index is 13.2. The Bertz CT molecular complexity index is 1210. The zero-order valence-corrected chi connectivity index (χ0v) is 18.3. The topological polar surface area (TPSA) is 74.4 Å². The van der Waals surface area contributed by atoms with E-state index in [0.29, 0.717) is 23.5 Å². The number of aromatic amines is 1. The smallest absolute Gasteiger partial charge is 0.255 e. The van der Waals surface area contributed by atoms with Crippen LogP contribution in [-0.4, -0.2) is 31.1 Å². The molecule has 2 N–H and O–H groups in total. The molecule has 2 aromatic carbocycles. The number of carbonyl (C=O) groups excluding carboxylic acids is 1. The zero-order valence-electron chi connectivity index (χ0n) is 18.3. The molecule has 6 heteroatoms. The standard InChI is InChI=1S/C25H27N3O3/c1-15-7-5-6-8-19(15)18-12-20(23-22(13-18)28(4)9-10-31-23)24(29)26-14-21-16(2)11-17(3)27-25(21)30/h5-8,11-13H,9-10,14H2,1-4H3,(H,26,29)(H,27,30). The third kappa shape index (κ3) is 4.06. The van der Waals surface area contributed by atoms with Crippen LogP contribution in [0.3, 0.4) is 0 Å². The summed E-state index contributed by atoms with van der Waals surface area (Å²) < 4.78 is 5.91. The quantitative estimate of drug-likeness (QED) is 0.678. The Balaban J connectivity index is 1.72. The molecule has 3 aromatic rings. The molecule has 6 nitrogen and oxygen atoms in total. The van der Waals surface area contributed by atoms with Crippen LogP contribution in [0.2, 0.25) is 0 Å². The SMILES string of the molecule is Cc1cc(C)c(CNC(=O)c2cc(-c3ccccc3C)cc3c2OCCN3C)c(=O)[nH]1. The molecule has 1 amide bonds. The predicted octanol–water partition coefficient (Wildman–Crippen LogP) is 3.73. The third-order valence-corrected chi connectivity index (χ3v) is 5.77. The molecule has 0 saturated heterocycles. The van der Waals surface area contributed by atoms with Gasteiger partial charge in [0.25, 0.3) is 11.5 Å². The summed E-state index contributed by atoms with van der Waals surface area (Å²) in [5.74, 6) is 0.319. The Morgan fingerprint density at radius 1 is 1.13 bits per heavy atom. The minimum absolute atomic E-state index is 0.152. The summed E-state index contributed by atoms with van der Waals surface area (Å²) in [6.07, 6.45) is 0. The van der Waals surface area contributed by atoms with Crippen molar-refractivity contribution in [2.75, 3.05) is 25.1 Å². The Morgan fingerprint density at radius 2 is 1.90 bits per heavy atom. The Kier molecular flexibility index (Phi) is 5.55. The van der Waals surface area contributed by atoms with Crippen LogP contribution in [0.1, 0.15) is 32.7 Å². The number of hydrogen-bond acceptors (Lipinski definition) is 4. The molecule has 0 unspecified atom stereocenters. The molecule has 160 valence electrons. The molecule has 31 heavy (non-hydrogen) atoms. The van der Waals surface area contributed by atoms with Crippen LogP contribution in [0.4, 0.5) is 5.69 Å². The molecule has 1 aliphatic heterocycles. The van der Waals surface area contributed by atoms with Crippen molar-refractivity contribution in [3.05, 3.63) is 80.8 Å². The number of hydrogen-bond donors (Lipinski definition) is 2. The number of fused-ring (bicyclic) bond motifs is 1. The molecule has 4 rings (SSSR count). The van der Waals surface area contributed by atoms with Crippen molar-refractivity contribution in [3.8, 4) is 16.9 Å². The van der Waals surface area contributed by atoms with E-state index in [1.807, 2.05) is 45.2 Å². The molecule has 0 saturated carbocycles. The van der Waals surface area contributed by atoms with Crippen molar-refractivity contribution in [2.45, 2.75) is 27.3 Å². The van der Waals surface area contributed by atoms with Gasteiger partial charge in [-0.15, -0.1) is 0 Å². The fourth-order valence-electron chi connectivity index (χ4n) is 4.04. The molecule has 2 heterocycles. The van der Waals surface area contributed by atoms with E-state index in [4.69, 9.17) is 4.74 Å². The van der Waals surface area contributed by atoms with Gasteiger partial charge in [0.2, 0.25) is 0 Å². The number of aromatic nitrogens is 1. The van der Waals surface area contributed by atoms with Crippen molar-refractivity contribution >= 4 is 11.6 Å². The number of carbonyl (C=O) groups is 1. The van der Waals surface area contributed by atoms with E-state index in [9.17, 15) is 9.59 Å². The van der Waals surface area contributed by atoms with E-state index in [1.54, 1.807) is 0 Å². The van der Waals surface area contributed by atoms with Crippen LogP contribution in [0.25, 0.3) is 11.1 Å². The highest BCUT2D eigenvalue weighted by molar-refractivity contribution is 6.01. The number of amides is 1. The van der Waals surface area contributed by atoms with Gasteiger partial charge >= 0.3 is 0 Å². The van der Waals surface area contributed by atoms with Gasteiger partial charge in [0.1, 0.15) is 6.61 Å². The molecular formula is C25H27N3O3. The first kappa shape index (κ1) is 20.7. The van der Waals surface area contributed by atoms with Crippen LogP contribution in [-0.2, 0) is 6.54 Å². The van der Waals surface area contributed by atoms with Gasteiger partial charge in [0.05, 0.1) is 17.8 Å². The predicted molar refractivity (Wildman–Crippen MR) is 123 cm³/mol. The Morgan fingerprint density at radius 3 is 2.65 bits per heavy atom. The normalized spacial score (nSPS) is 12.8. The van der Waals surface area contributed by atoms with Gasteiger partial charge in [0, 0.05) is 24.8 Å². The van der Waals surface area contributed by atoms with Crippen molar-refractivity contribution in [1.29, 1.82) is 0 Å². The lowest BCUT2D eigenvalue weighted by Gasteiger charge is -2.30. The highest BCUT2D eigenvalue weighted by Gasteiger charge is 2.24. The minimum atomic E-state index is -0.263. The fraction of sp³-hybridized carbons (Fsp3) is 0.280. The van der Waals surface area contributed by atoms with Gasteiger partial charge in [-0.2, -0.15) is 0 Å². The van der Waals surface area contributed by atoms with E-state index in [-0.39, 0.29) is 18.0 Å². The summed E-state index contributed by atoms with van der Waals surface area (Å²) in [4.78, 5) is 30.5. The number of aryl methyl sites for hydroxylation is 3. The van der Waals surface area contributed by atoms with Gasteiger partial charge in [-0.25, -0.2) is 0 Å². The second kappa shape index (κ2) is 8.30. The van der Waals surface area contributed by atoms with Gasteiger partial charge in [-0.05, 0) is 61.2 Å². The first-order valence-corrected chi connectivity index (χ1v) is 10.4. The third-order valence-electron chi connectivity index (χ3n) is 5.77. The number of ether oxygens (including phenoxy) is 1. The average Bonchev–Trinajstić information content (AvgIpc) is 2.73. The van der Waals surface area contributed by atoms with Crippen molar-refractivity contribution < 1.29 is 9.53 Å².